The van der Waals surface area contributed by atoms with E-state index < -0.39 is 0 Å². The minimum absolute atomic E-state index is 0.554. The zero-order valence-electron chi connectivity index (χ0n) is 14.5. The van der Waals surface area contributed by atoms with Gasteiger partial charge in [0.15, 0.2) is 0 Å². The van der Waals surface area contributed by atoms with E-state index in [0.717, 1.165) is 11.1 Å². The van der Waals surface area contributed by atoms with Crippen molar-refractivity contribution in [3.8, 4) is 11.1 Å². The topological polar surface area (TPSA) is 52.0 Å². The zero-order chi connectivity index (χ0) is 18.3. The van der Waals surface area contributed by atoms with E-state index >= 15 is 0 Å². The van der Waals surface area contributed by atoms with Crippen molar-refractivity contribution in [1.82, 2.24) is 0 Å². The highest BCUT2D eigenvalue weighted by Gasteiger charge is 2.14. The molecule has 0 bridgehead atoms. The number of hydrogen-bond acceptors (Lipinski definition) is 2. The molecule has 130 valence electrons. The van der Waals surface area contributed by atoms with Crippen LogP contribution in [0.5, 0.6) is 0 Å². The molecule has 26 heavy (non-hydrogen) atoms. The van der Waals surface area contributed by atoms with E-state index in [2.05, 4.69) is 79.1 Å². The Morgan fingerprint density at radius 2 is 1.00 bits per heavy atom. The lowest BCUT2D eigenvalue weighted by atomic mass is 9.92. The predicted octanol–water partition coefficient (Wildman–Crippen LogP) is 3.58. The SMILES string of the molecule is NCc1ccc2c(-c3c(P)ccc4cc(CN)ccc34)c(P)ccc2c1. The smallest absolute Gasteiger partial charge is 0.0178 e. The lowest BCUT2D eigenvalue weighted by Crippen LogP contribution is -2.06. The summed E-state index contributed by atoms with van der Waals surface area (Å²) in [7, 11) is 5.79. The largest absolute Gasteiger partial charge is 0.326 e. The van der Waals surface area contributed by atoms with Gasteiger partial charge in [0.05, 0.1) is 0 Å². The van der Waals surface area contributed by atoms with Gasteiger partial charge in [-0.15, -0.1) is 18.5 Å². The molecule has 0 saturated carbocycles. The Kier molecular flexibility index (Phi) is 4.78. The fraction of sp³-hybridized carbons (Fsp3) is 0.0909. The molecule has 0 aliphatic heterocycles. The quantitative estimate of drug-likeness (QED) is 0.537. The fourth-order valence-electron chi connectivity index (χ4n) is 3.60. The van der Waals surface area contributed by atoms with Gasteiger partial charge in [-0.2, -0.15) is 0 Å². The van der Waals surface area contributed by atoms with Crippen molar-refractivity contribution < 1.29 is 0 Å². The molecule has 0 fully saturated rings. The van der Waals surface area contributed by atoms with Crippen LogP contribution in [0.1, 0.15) is 11.1 Å². The molecule has 4 aromatic rings. The van der Waals surface area contributed by atoms with Gasteiger partial charge < -0.3 is 11.5 Å². The van der Waals surface area contributed by atoms with E-state index in [-0.39, 0.29) is 0 Å². The van der Waals surface area contributed by atoms with Gasteiger partial charge in [-0.05, 0) is 66.5 Å². The summed E-state index contributed by atoms with van der Waals surface area (Å²) in [6.45, 7) is 1.11. The molecule has 2 atom stereocenters. The molecule has 0 amide bonds. The number of rotatable bonds is 3. The van der Waals surface area contributed by atoms with Crippen LogP contribution >= 0.6 is 18.5 Å². The summed E-state index contributed by atoms with van der Waals surface area (Å²) in [6, 6.07) is 21.7. The normalized spacial score (nSPS) is 11.4. The van der Waals surface area contributed by atoms with Crippen LogP contribution in [0.2, 0.25) is 0 Å². The Hall–Kier alpha value is -1.82. The van der Waals surface area contributed by atoms with Gasteiger partial charge in [0.2, 0.25) is 0 Å². The van der Waals surface area contributed by atoms with Crippen LogP contribution in [-0.4, -0.2) is 0 Å². The van der Waals surface area contributed by atoms with Crippen LogP contribution in [0, 0.1) is 0 Å². The number of nitrogens with two attached hydrogens (primary N) is 2. The molecule has 0 aliphatic rings. The highest BCUT2D eigenvalue weighted by Crippen LogP contribution is 2.34. The number of hydrogen-bond donors (Lipinski definition) is 2. The highest BCUT2D eigenvalue weighted by atomic mass is 31.0. The van der Waals surface area contributed by atoms with Crippen molar-refractivity contribution in [3.63, 3.8) is 0 Å². The molecule has 0 spiro atoms. The second-order valence-corrected chi connectivity index (χ2v) is 7.82. The first-order chi connectivity index (χ1) is 12.6. The Balaban J connectivity index is 2.09. The minimum atomic E-state index is 0.554. The third-order valence-electron chi connectivity index (χ3n) is 4.95. The standard InChI is InChI=1S/C22H22N2P2/c23-11-13-1-5-17-15(9-13)3-7-19(25)21(17)22-18-6-2-14(12-24)10-16(18)4-8-20(22)26/h1-10H,11-12,23-26H2. The van der Waals surface area contributed by atoms with Gasteiger partial charge in [0.1, 0.15) is 0 Å². The fourth-order valence-corrected chi connectivity index (χ4v) is 4.40. The first-order valence-corrected chi connectivity index (χ1v) is 9.80. The molecule has 0 heterocycles. The van der Waals surface area contributed by atoms with Crippen LogP contribution in [0.25, 0.3) is 32.7 Å². The monoisotopic (exact) mass is 376 g/mol. The Morgan fingerprint density at radius 3 is 1.38 bits per heavy atom. The first kappa shape index (κ1) is 17.6. The maximum atomic E-state index is 5.83. The predicted molar refractivity (Wildman–Crippen MR) is 121 cm³/mol. The van der Waals surface area contributed by atoms with Crippen molar-refractivity contribution >= 4 is 50.6 Å². The summed E-state index contributed by atoms with van der Waals surface area (Å²) in [5.74, 6) is 0. The highest BCUT2D eigenvalue weighted by molar-refractivity contribution is 7.29. The maximum Gasteiger partial charge on any atom is 0.0178 e. The second kappa shape index (κ2) is 7.06. The van der Waals surface area contributed by atoms with Gasteiger partial charge in [-0.25, -0.2) is 0 Å². The molecule has 0 saturated heterocycles. The molecule has 2 unspecified atom stereocenters. The van der Waals surface area contributed by atoms with Gasteiger partial charge in [0.25, 0.3) is 0 Å². The number of benzene rings is 4. The molecular formula is C22H22N2P2. The molecule has 0 aliphatic carbocycles. The third-order valence-corrected chi connectivity index (χ3v) is 5.92. The molecule has 4 N–H and O–H groups in total. The molecular weight excluding hydrogens is 354 g/mol. The van der Waals surface area contributed by atoms with E-state index in [1.54, 1.807) is 0 Å². The minimum Gasteiger partial charge on any atom is -0.326 e. The molecule has 0 aromatic heterocycles. The van der Waals surface area contributed by atoms with E-state index in [4.69, 9.17) is 11.5 Å². The van der Waals surface area contributed by atoms with E-state index in [1.807, 2.05) is 0 Å². The van der Waals surface area contributed by atoms with Crippen molar-refractivity contribution in [2.24, 2.45) is 11.5 Å². The van der Waals surface area contributed by atoms with Crippen molar-refractivity contribution in [3.05, 3.63) is 71.8 Å². The van der Waals surface area contributed by atoms with Gasteiger partial charge >= 0.3 is 0 Å². The summed E-state index contributed by atoms with van der Waals surface area (Å²) in [5, 5.41) is 7.31. The summed E-state index contributed by atoms with van der Waals surface area (Å²) >= 11 is 0. The third kappa shape index (κ3) is 2.94. The van der Waals surface area contributed by atoms with E-state index in [9.17, 15) is 0 Å². The van der Waals surface area contributed by atoms with E-state index in [1.165, 1.54) is 43.3 Å². The zero-order valence-corrected chi connectivity index (χ0v) is 16.8. The molecule has 2 nitrogen and oxygen atoms in total. The Labute approximate surface area is 158 Å². The van der Waals surface area contributed by atoms with Crippen LogP contribution < -0.4 is 22.1 Å². The lowest BCUT2D eigenvalue weighted by molar-refractivity contribution is 1.08. The van der Waals surface area contributed by atoms with Crippen LogP contribution in [0.3, 0.4) is 0 Å². The lowest BCUT2D eigenvalue weighted by Gasteiger charge is -2.17. The summed E-state index contributed by atoms with van der Waals surface area (Å²) < 4.78 is 0. The molecule has 4 heteroatoms. The Bertz CT molecular complexity index is 1040. The van der Waals surface area contributed by atoms with Gasteiger partial charge in [-0.1, -0.05) is 48.5 Å². The van der Waals surface area contributed by atoms with Gasteiger partial charge in [-0.3, -0.25) is 0 Å². The molecule has 0 radical (unpaired) electrons. The van der Waals surface area contributed by atoms with Crippen molar-refractivity contribution in [2.45, 2.75) is 13.1 Å². The van der Waals surface area contributed by atoms with Crippen LogP contribution in [-0.2, 0) is 13.1 Å². The van der Waals surface area contributed by atoms with Crippen molar-refractivity contribution in [2.75, 3.05) is 0 Å². The maximum absolute atomic E-state index is 5.83. The average Bonchev–Trinajstić information content (AvgIpc) is 2.68. The number of fused-ring (bicyclic) bond motifs is 2. The summed E-state index contributed by atoms with van der Waals surface area (Å²) in [6.07, 6.45) is 0. The summed E-state index contributed by atoms with van der Waals surface area (Å²) in [5.41, 5.74) is 16.5. The Morgan fingerprint density at radius 1 is 0.577 bits per heavy atom. The van der Waals surface area contributed by atoms with Crippen LogP contribution in [0.4, 0.5) is 0 Å². The van der Waals surface area contributed by atoms with Crippen LogP contribution in [0.15, 0.2) is 60.7 Å². The second-order valence-electron chi connectivity index (χ2n) is 6.58. The summed E-state index contributed by atoms with van der Waals surface area (Å²) in [4.78, 5) is 0. The molecule has 4 aromatic carbocycles. The van der Waals surface area contributed by atoms with E-state index in [0.29, 0.717) is 13.1 Å². The molecule has 4 rings (SSSR count). The van der Waals surface area contributed by atoms with Gasteiger partial charge in [0, 0.05) is 13.1 Å². The van der Waals surface area contributed by atoms with Crippen molar-refractivity contribution in [1.29, 1.82) is 0 Å². The first-order valence-electron chi connectivity index (χ1n) is 8.65. The average molecular weight is 376 g/mol.